The van der Waals surface area contributed by atoms with Gasteiger partial charge in [-0.05, 0) is 102 Å². The van der Waals surface area contributed by atoms with Crippen molar-refractivity contribution < 1.29 is 105 Å². The Morgan fingerprint density at radius 2 is 1.10 bits per heavy atom. The molecule has 2 aliphatic carbocycles. The number of ketones is 2. The summed E-state index contributed by atoms with van der Waals surface area (Å²) in [5.41, 5.74) is -5.34. The van der Waals surface area contributed by atoms with Gasteiger partial charge in [0.1, 0.15) is 49.0 Å². The zero-order valence-corrected chi connectivity index (χ0v) is 47.6. The largest absolute Gasteiger partial charge is 0.461 e. The molecule has 2 saturated heterocycles. The number of carbonyl (C=O) groups is 6. The topological polar surface area (TPSA) is 333 Å². The zero-order valence-electron chi connectivity index (χ0n) is 45.0. The van der Waals surface area contributed by atoms with Crippen LogP contribution in [-0.2, 0) is 61.4 Å². The number of para-hydroxylation sites is 2. The average Bonchev–Trinajstić information content (AvgIpc) is 3.90. The Kier molecular flexibility index (Phi) is 22.6. The molecule has 83 heavy (non-hydrogen) atoms. The van der Waals surface area contributed by atoms with Crippen molar-refractivity contribution in [2.75, 3.05) is 13.2 Å². The van der Waals surface area contributed by atoms with E-state index in [-0.39, 0.29) is 18.0 Å². The van der Waals surface area contributed by atoms with Crippen molar-refractivity contribution in [1.82, 2.24) is 20.0 Å². The predicted octanol–water partition coefficient (Wildman–Crippen LogP) is 4.41. The number of allylic oxidation sites excluding steroid dienone is 2. The summed E-state index contributed by atoms with van der Waals surface area (Å²) in [6, 6.07) is 14.3. The van der Waals surface area contributed by atoms with Crippen LogP contribution in [0.3, 0.4) is 0 Å². The van der Waals surface area contributed by atoms with Gasteiger partial charge in [-0.2, -0.15) is 5.09 Å². The van der Waals surface area contributed by atoms with E-state index in [0.717, 1.165) is 74.4 Å². The van der Waals surface area contributed by atoms with Crippen LogP contribution in [0.2, 0.25) is 0 Å². The van der Waals surface area contributed by atoms with Crippen LogP contribution in [0.1, 0.15) is 90.9 Å². The fraction of sp³-hybridized carbons (Fsp3) is 0.519. The number of alkyl halides is 2. The summed E-state index contributed by atoms with van der Waals surface area (Å²) in [6.45, 7) is -3.31. The van der Waals surface area contributed by atoms with Crippen molar-refractivity contribution in [2.24, 2.45) is 0 Å². The first kappa shape index (κ1) is 66.2. The SMILES string of the molecule is C#C[C@]1(O)[C@H](N2C=CC(=O)CC2=O)O[C@](F)(CO)[C@H]1O.C#C[C@]1(O)[C@H](N2C=CC(=O)CC2=O)O[C@](F)(COP(=O)(N[C@@H](C)C(=O)OC2CCCCC2)Oc2ccccc2)[C@H]1O.C[C@H](NP(=O)(Cl)Oc1ccccc1)C(=O)OC1CCCCC1. The lowest BCUT2D eigenvalue weighted by Gasteiger charge is -2.33. The van der Waals surface area contributed by atoms with Crippen molar-refractivity contribution in [2.45, 2.75) is 163 Å². The predicted molar refractivity (Wildman–Crippen MR) is 288 cm³/mol. The van der Waals surface area contributed by atoms with Crippen molar-refractivity contribution in [1.29, 1.82) is 0 Å². The molecular formula is C54H65ClF2N4O20P2. The second-order valence-corrected chi connectivity index (χ2v) is 24.5. The average molecular weight is 1230 g/mol. The third-order valence-corrected chi connectivity index (χ3v) is 17.0. The van der Waals surface area contributed by atoms with Gasteiger partial charge in [0, 0.05) is 23.6 Å². The second-order valence-electron chi connectivity index (χ2n) is 20.1. The zero-order chi connectivity index (χ0) is 61.0. The Bertz CT molecular complexity index is 2910. The number of amides is 2. The third-order valence-electron chi connectivity index (χ3n) is 13.7. The molecule has 2 aromatic rings. The molecule has 0 aromatic heterocycles. The second kappa shape index (κ2) is 28.3. The molecule has 12 atom stereocenters. The van der Waals surface area contributed by atoms with Crippen LogP contribution in [0.15, 0.2) is 85.2 Å². The van der Waals surface area contributed by atoms with E-state index in [1.54, 1.807) is 55.3 Å². The highest BCUT2D eigenvalue weighted by molar-refractivity contribution is 7.84. The molecule has 0 spiro atoms. The number of aliphatic hydroxyl groups is 5. The van der Waals surface area contributed by atoms with Gasteiger partial charge in [-0.1, -0.05) is 61.1 Å². The van der Waals surface area contributed by atoms with E-state index in [2.05, 4.69) is 10.2 Å². The molecule has 452 valence electrons. The van der Waals surface area contributed by atoms with Crippen LogP contribution in [0.25, 0.3) is 0 Å². The highest BCUT2D eigenvalue weighted by atomic mass is 35.7. The Morgan fingerprint density at radius 3 is 1.51 bits per heavy atom. The monoisotopic (exact) mass is 1220 g/mol. The minimum absolute atomic E-state index is 0.0451. The lowest BCUT2D eigenvalue weighted by Crippen LogP contribution is -2.56. The van der Waals surface area contributed by atoms with Crippen molar-refractivity contribution in [3.05, 3.63) is 85.2 Å². The molecule has 4 aliphatic heterocycles. The quantitative estimate of drug-likeness (QED) is 0.0470. The first-order valence-electron chi connectivity index (χ1n) is 26.3. The number of rotatable bonds is 18. The number of hydrogen-bond acceptors (Lipinski definition) is 20. The van der Waals surface area contributed by atoms with Gasteiger partial charge in [0.25, 0.3) is 11.7 Å². The standard InChI is InChI=1S/C27H32FN2O10P.C15H21ClNO4P.C12H12FNO6/c1-3-26(35)24(34)27(28,39-25(26)30-15-14-19(31)16-22(30)32)17-37-41(36,40-21-12-8-5-9-13-21)29-18(2)23(33)38-20-10-6-4-7-11-20;1-12(15(18)20-13-8-4-2-5-9-13)17-22(16,19)21-14-10-6-3-7-11-14;1-2-11(19)9(18)12(13,6-15)20-10(11)14-4-3-7(16)5-8(14)17/h1,5,8-9,12-15,18,20,24-25,34-35H,4,6-7,10-11,16-17H2,2H3,(H,29,36);3,6-7,10-13H,2,4-5,8-9H2,1H3,(H,17,19);1,3-4,9-10,15,18-19H,5-6H2/t18-,24-,25+,26+,27+,41?;12-,22?;9-,10+,11+,12+/m000/s1. The number of nitrogens with one attached hydrogen (secondary N) is 2. The lowest BCUT2D eigenvalue weighted by molar-refractivity contribution is -0.213. The minimum atomic E-state index is -4.60. The summed E-state index contributed by atoms with van der Waals surface area (Å²) in [4.78, 5) is 72.9. The van der Waals surface area contributed by atoms with Gasteiger partial charge in [-0.3, -0.25) is 43.1 Å². The minimum Gasteiger partial charge on any atom is -0.461 e. The normalized spacial score (nSPS) is 30.4. The molecule has 7 N–H and O–H groups in total. The summed E-state index contributed by atoms with van der Waals surface area (Å²) >= 11 is 5.87. The third kappa shape index (κ3) is 16.7. The molecule has 29 heteroatoms. The highest BCUT2D eigenvalue weighted by Gasteiger charge is 2.68. The molecule has 4 heterocycles. The number of benzene rings is 2. The maximum absolute atomic E-state index is 16.1. The van der Waals surface area contributed by atoms with Gasteiger partial charge in [-0.15, -0.1) is 12.8 Å². The van der Waals surface area contributed by atoms with E-state index < -0.39 is 136 Å². The number of ether oxygens (including phenoxy) is 4. The van der Waals surface area contributed by atoms with E-state index in [9.17, 15) is 62.7 Å². The summed E-state index contributed by atoms with van der Waals surface area (Å²) in [7, 11) is -4.60. The molecule has 2 amide bonds. The Labute approximate surface area is 481 Å². The van der Waals surface area contributed by atoms with E-state index in [4.69, 9.17) is 61.7 Å². The van der Waals surface area contributed by atoms with E-state index in [1.165, 1.54) is 25.5 Å². The Hall–Kier alpha value is -5.93. The van der Waals surface area contributed by atoms with Crippen molar-refractivity contribution >= 4 is 61.2 Å². The Balaban J connectivity index is 0.000000221. The fourth-order valence-corrected chi connectivity index (χ4v) is 12.4. The number of aliphatic hydroxyl groups excluding tert-OH is 3. The van der Waals surface area contributed by atoms with Crippen LogP contribution in [0.4, 0.5) is 8.78 Å². The number of halogens is 3. The van der Waals surface area contributed by atoms with Crippen LogP contribution in [0, 0.1) is 24.7 Å². The molecule has 2 unspecified atom stereocenters. The maximum atomic E-state index is 16.1. The summed E-state index contributed by atoms with van der Waals surface area (Å²) in [6.07, 6.45) is 13.9. The smallest absolute Gasteiger partial charge is 0.459 e. The van der Waals surface area contributed by atoms with Crippen LogP contribution in [0.5, 0.6) is 11.5 Å². The number of hydrogen-bond donors (Lipinski definition) is 7. The van der Waals surface area contributed by atoms with E-state index >= 15 is 4.39 Å². The molecule has 8 rings (SSSR count). The molecule has 6 aliphatic rings. The molecule has 0 bridgehead atoms. The summed E-state index contributed by atoms with van der Waals surface area (Å²) < 4.78 is 93.2. The molecule has 4 fully saturated rings. The summed E-state index contributed by atoms with van der Waals surface area (Å²) in [5.74, 6) is -6.11. The number of terminal acetylenes is 2. The maximum Gasteiger partial charge on any atom is 0.459 e. The summed E-state index contributed by atoms with van der Waals surface area (Å²) in [5, 5.41) is 55.4. The van der Waals surface area contributed by atoms with Crippen LogP contribution >= 0.6 is 25.9 Å². The van der Waals surface area contributed by atoms with Gasteiger partial charge in [0.15, 0.2) is 36.2 Å². The lowest BCUT2D eigenvalue weighted by atomic mass is 9.93. The van der Waals surface area contributed by atoms with Crippen molar-refractivity contribution in [3.8, 4) is 36.2 Å². The van der Waals surface area contributed by atoms with E-state index in [1.807, 2.05) is 12.0 Å². The first-order valence-corrected chi connectivity index (χ1v) is 30.4. The molecule has 0 radical (unpaired) electrons. The van der Waals surface area contributed by atoms with Gasteiger partial charge in [0.05, 0.1) is 12.8 Å². The molecule has 2 saturated carbocycles. The fourth-order valence-electron chi connectivity index (χ4n) is 9.19. The number of esters is 2. The van der Waals surface area contributed by atoms with E-state index in [0.29, 0.717) is 23.5 Å². The Morgan fingerprint density at radius 1 is 0.699 bits per heavy atom. The molecule has 24 nitrogen and oxygen atoms in total. The number of carbonyl (C=O) groups excluding carboxylic acids is 6. The molecule has 2 aromatic carbocycles. The number of nitrogens with zero attached hydrogens (tertiary/aromatic N) is 2. The molecular weight excluding hydrogens is 1160 g/mol. The van der Waals surface area contributed by atoms with Gasteiger partial charge in [0.2, 0.25) is 23.0 Å². The van der Waals surface area contributed by atoms with Crippen LogP contribution in [-0.4, -0.2) is 156 Å². The van der Waals surface area contributed by atoms with Gasteiger partial charge in [-0.25, -0.2) is 23.0 Å². The highest BCUT2D eigenvalue weighted by Crippen LogP contribution is 2.50. The first-order chi connectivity index (χ1) is 39.1. The van der Waals surface area contributed by atoms with Gasteiger partial charge < -0.3 is 53.5 Å². The van der Waals surface area contributed by atoms with Crippen molar-refractivity contribution in [3.63, 3.8) is 0 Å². The van der Waals surface area contributed by atoms with Gasteiger partial charge >= 0.3 is 26.6 Å². The van der Waals surface area contributed by atoms with Crippen LogP contribution < -0.4 is 19.2 Å².